The molecule has 2 heterocycles. The van der Waals surface area contributed by atoms with Crippen LogP contribution >= 0.6 is 11.6 Å². The number of hydrogen-bond donors (Lipinski definition) is 0. The maximum Gasteiger partial charge on any atom is 0.142 e. The van der Waals surface area contributed by atoms with Gasteiger partial charge >= 0.3 is 0 Å². The van der Waals surface area contributed by atoms with E-state index in [0.29, 0.717) is 10.9 Å². The van der Waals surface area contributed by atoms with Gasteiger partial charge in [0.2, 0.25) is 0 Å². The molecule has 4 heteroatoms. The average Bonchev–Trinajstić information content (AvgIpc) is 2.07. The molecule has 0 unspecified atom stereocenters. The molecule has 0 aliphatic carbocycles. The monoisotopic (exact) mass is 182 g/mol. The SMILES string of the molecule is Fc1cnc2ccnc(Cl)c2c1. The highest BCUT2D eigenvalue weighted by molar-refractivity contribution is 6.34. The first-order chi connectivity index (χ1) is 5.77. The minimum Gasteiger partial charge on any atom is -0.253 e. The number of pyridine rings is 2. The van der Waals surface area contributed by atoms with Crippen molar-refractivity contribution in [2.45, 2.75) is 0 Å². The number of rotatable bonds is 0. The topological polar surface area (TPSA) is 25.8 Å². The van der Waals surface area contributed by atoms with Crippen LogP contribution in [0.2, 0.25) is 5.15 Å². The molecule has 2 rings (SSSR count). The van der Waals surface area contributed by atoms with Gasteiger partial charge in [-0.2, -0.15) is 0 Å². The van der Waals surface area contributed by atoms with Crippen LogP contribution in [-0.2, 0) is 0 Å². The molecular formula is C8H4ClFN2. The fraction of sp³-hybridized carbons (Fsp3) is 0. The zero-order valence-electron chi connectivity index (χ0n) is 5.96. The Kier molecular flexibility index (Phi) is 1.66. The minimum absolute atomic E-state index is 0.277. The molecule has 2 aromatic heterocycles. The van der Waals surface area contributed by atoms with Crippen LogP contribution < -0.4 is 0 Å². The van der Waals surface area contributed by atoms with E-state index in [1.54, 1.807) is 6.07 Å². The lowest BCUT2D eigenvalue weighted by Gasteiger charge is -1.96. The smallest absolute Gasteiger partial charge is 0.142 e. The molecule has 0 saturated carbocycles. The Hall–Kier alpha value is -1.22. The molecule has 60 valence electrons. The van der Waals surface area contributed by atoms with Crippen molar-refractivity contribution >= 4 is 22.5 Å². The van der Waals surface area contributed by atoms with Crippen molar-refractivity contribution in [2.75, 3.05) is 0 Å². The molecule has 0 spiro atoms. The lowest BCUT2D eigenvalue weighted by molar-refractivity contribution is 0.624. The first kappa shape index (κ1) is 7.43. The second kappa shape index (κ2) is 2.68. The van der Waals surface area contributed by atoms with E-state index in [4.69, 9.17) is 11.6 Å². The van der Waals surface area contributed by atoms with E-state index in [0.717, 1.165) is 6.20 Å². The van der Waals surface area contributed by atoms with E-state index >= 15 is 0 Å². The molecule has 0 fully saturated rings. The maximum atomic E-state index is 12.7. The molecule has 0 aliphatic rings. The third-order valence-corrected chi connectivity index (χ3v) is 1.83. The lowest BCUT2D eigenvalue weighted by Crippen LogP contribution is -1.84. The average molecular weight is 183 g/mol. The van der Waals surface area contributed by atoms with Gasteiger partial charge in [0.25, 0.3) is 0 Å². The van der Waals surface area contributed by atoms with Crippen molar-refractivity contribution in [1.29, 1.82) is 0 Å². The van der Waals surface area contributed by atoms with Gasteiger partial charge in [-0.05, 0) is 12.1 Å². The Labute approximate surface area is 73.0 Å². The van der Waals surface area contributed by atoms with Gasteiger partial charge in [-0.3, -0.25) is 4.98 Å². The second-order valence-electron chi connectivity index (χ2n) is 2.32. The largest absolute Gasteiger partial charge is 0.253 e. The van der Waals surface area contributed by atoms with Crippen LogP contribution in [0, 0.1) is 5.82 Å². The van der Waals surface area contributed by atoms with E-state index in [2.05, 4.69) is 9.97 Å². The Bertz CT molecular complexity index is 430. The van der Waals surface area contributed by atoms with Crippen molar-refractivity contribution < 1.29 is 4.39 Å². The zero-order chi connectivity index (χ0) is 8.55. The second-order valence-corrected chi connectivity index (χ2v) is 2.68. The van der Waals surface area contributed by atoms with Crippen molar-refractivity contribution in [3.8, 4) is 0 Å². The van der Waals surface area contributed by atoms with Crippen LogP contribution in [0.3, 0.4) is 0 Å². The molecular weight excluding hydrogens is 179 g/mol. The molecule has 0 amide bonds. The third-order valence-electron chi connectivity index (χ3n) is 1.53. The Morgan fingerprint density at radius 2 is 2.17 bits per heavy atom. The fourth-order valence-corrected chi connectivity index (χ4v) is 1.20. The van der Waals surface area contributed by atoms with Gasteiger partial charge in [-0.1, -0.05) is 11.6 Å². The van der Waals surface area contributed by atoms with Crippen LogP contribution in [0.1, 0.15) is 0 Å². The summed E-state index contributed by atoms with van der Waals surface area (Å²) >= 11 is 5.71. The number of aromatic nitrogens is 2. The third kappa shape index (κ3) is 1.12. The Morgan fingerprint density at radius 3 is 3.00 bits per heavy atom. The quantitative estimate of drug-likeness (QED) is 0.585. The van der Waals surface area contributed by atoms with Gasteiger partial charge in [-0.15, -0.1) is 0 Å². The number of nitrogens with zero attached hydrogens (tertiary/aromatic N) is 2. The minimum atomic E-state index is -0.405. The van der Waals surface area contributed by atoms with Crippen LogP contribution in [0.5, 0.6) is 0 Å². The fourth-order valence-electron chi connectivity index (χ4n) is 0.991. The summed E-state index contributed by atoms with van der Waals surface area (Å²) in [4.78, 5) is 7.65. The van der Waals surface area contributed by atoms with Gasteiger partial charge < -0.3 is 0 Å². The summed E-state index contributed by atoms with van der Waals surface area (Å²) in [6.45, 7) is 0. The van der Waals surface area contributed by atoms with Crippen LogP contribution in [0.15, 0.2) is 24.5 Å². The standard InChI is InChI=1S/C8H4ClFN2/c9-8-6-3-5(10)4-12-7(6)1-2-11-8/h1-4H. The summed E-state index contributed by atoms with van der Waals surface area (Å²) in [5, 5.41) is 0.818. The molecule has 0 saturated heterocycles. The van der Waals surface area contributed by atoms with E-state index in [1.165, 1.54) is 12.3 Å². The molecule has 0 atom stereocenters. The molecule has 0 N–H and O–H groups in total. The Morgan fingerprint density at radius 1 is 1.33 bits per heavy atom. The molecule has 0 bridgehead atoms. The first-order valence-electron chi connectivity index (χ1n) is 3.33. The number of fused-ring (bicyclic) bond motifs is 1. The molecule has 12 heavy (non-hydrogen) atoms. The van der Waals surface area contributed by atoms with Crippen molar-refractivity contribution in [2.24, 2.45) is 0 Å². The highest BCUT2D eigenvalue weighted by Crippen LogP contribution is 2.19. The van der Waals surface area contributed by atoms with Gasteiger partial charge in [0.1, 0.15) is 11.0 Å². The summed E-state index contributed by atoms with van der Waals surface area (Å²) in [5.41, 5.74) is 0.649. The summed E-state index contributed by atoms with van der Waals surface area (Å²) in [6, 6.07) is 3.00. The molecule has 0 aliphatic heterocycles. The summed E-state index contributed by atoms with van der Waals surface area (Å²) in [7, 11) is 0. The van der Waals surface area contributed by atoms with Crippen molar-refractivity contribution in [3.63, 3.8) is 0 Å². The van der Waals surface area contributed by atoms with Crippen LogP contribution in [-0.4, -0.2) is 9.97 Å². The highest BCUT2D eigenvalue weighted by atomic mass is 35.5. The highest BCUT2D eigenvalue weighted by Gasteiger charge is 2.01. The van der Waals surface area contributed by atoms with E-state index in [9.17, 15) is 4.39 Å². The summed E-state index contributed by atoms with van der Waals surface area (Å²) in [6.07, 6.45) is 2.69. The van der Waals surface area contributed by atoms with Crippen LogP contribution in [0.4, 0.5) is 4.39 Å². The van der Waals surface area contributed by atoms with Crippen LogP contribution in [0.25, 0.3) is 10.9 Å². The van der Waals surface area contributed by atoms with Crippen molar-refractivity contribution in [3.05, 3.63) is 35.5 Å². The number of hydrogen-bond acceptors (Lipinski definition) is 2. The van der Waals surface area contributed by atoms with Gasteiger partial charge in [0.15, 0.2) is 0 Å². The predicted molar refractivity (Wildman–Crippen MR) is 44.5 cm³/mol. The van der Waals surface area contributed by atoms with Gasteiger partial charge in [-0.25, -0.2) is 9.37 Å². The van der Waals surface area contributed by atoms with Gasteiger partial charge in [0.05, 0.1) is 11.7 Å². The maximum absolute atomic E-state index is 12.7. The molecule has 2 aromatic rings. The summed E-state index contributed by atoms with van der Waals surface area (Å²) in [5.74, 6) is -0.405. The Balaban J connectivity index is 2.88. The molecule has 0 aromatic carbocycles. The molecule has 0 radical (unpaired) electrons. The van der Waals surface area contributed by atoms with E-state index < -0.39 is 5.82 Å². The normalized spacial score (nSPS) is 10.5. The number of halogens is 2. The summed E-state index contributed by atoms with van der Waals surface area (Å²) < 4.78 is 12.7. The van der Waals surface area contributed by atoms with E-state index in [-0.39, 0.29) is 5.15 Å². The predicted octanol–water partition coefficient (Wildman–Crippen LogP) is 2.42. The van der Waals surface area contributed by atoms with Gasteiger partial charge in [0, 0.05) is 11.6 Å². The molecule has 2 nitrogen and oxygen atoms in total. The van der Waals surface area contributed by atoms with E-state index in [1.807, 2.05) is 0 Å². The zero-order valence-corrected chi connectivity index (χ0v) is 6.72. The van der Waals surface area contributed by atoms with Crippen molar-refractivity contribution in [1.82, 2.24) is 9.97 Å². The first-order valence-corrected chi connectivity index (χ1v) is 3.71. The lowest BCUT2D eigenvalue weighted by atomic mass is 10.3.